The van der Waals surface area contributed by atoms with Gasteiger partial charge in [-0.25, -0.2) is 0 Å². The second kappa shape index (κ2) is 7.37. The Kier molecular flexibility index (Phi) is 5.80. The summed E-state index contributed by atoms with van der Waals surface area (Å²) < 4.78 is 6.26. The fraction of sp³-hybridized carbons (Fsp3) is 0.545. The Morgan fingerprint density at radius 2 is 2.16 bits per heavy atom. The van der Waals surface area contributed by atoms with Crippen molar-refractivity contribution in [3.8, 4) is 0 Å². The molecule has 1 aromatic rings. The van der Waals surface area contributed by atoms with Gasteiger partial charge in [0.15, 0.2) is 5.69 Å². The Balaban J connectivity index is 2.27. The molecule has 0 spiro atoms. The molecular weight excluding hydrogens is 250 g/mol. The first-order valence-corrected chi connectivity index (χ1v) is 5.87. The summed E-state index contributed by atoms with van der Waals surface area (Å²) in [6, 6.07) is 0. The van der Waals surface area contributed by atoms with Crippen molar-refractivity contribution >= 4 is 17.5 Å². The maximum absolute atomic E-state index is 11.7. The van der Waals surface area contributed by atoms with Gasteiger partial charge in [0, 0.05) is 39.9 Å². The monoisotopic (exact) mass is 269 g/mol. The second-order valence-electron chi connectivity index (χ2n) is 3.96. The van der Waals surface area contributed by atoms with Crippen LogP contribution in [0.5, 0.6) is 0 Å². The molecule has 0 saturated heterocycles. The Morgan fingerprint density at radius 1 is 1.42 bits per heavy atom. The molecule has 0 fully saturated rings. The molecule has 4 N–H and O–H groups in total. The fourth-order valence-electron chi connectivity index (χ4n) is 1.44. The summed E-state index contributed by atoms with van der Waals surface area (Å²) in [6.45, 7) is 1.15. The largest absolute Gasteiger partial charge is 0.396 e. The normalized spacial score (nSPS) is 10.2. The van der Waals surface area contributed by atoms with E-state index >= 15 is 0 Å². The minimum absolute atomic E-state index is 0.147. The number of hydrogen-bond acceptors (Lipinski definition) is 5. The van der Waals surface area contributed by atoms with E-state index in [-0.39, 0.29) is 30.5 Å². The van der Waals surface area contributed by atoms with Crippen molar-refractivity contribution in [2.24, 2.45) is 7.05 Å². The molecule has 0 aliphatic heterocycles. The molecule has 0 aromatic carbocycles. The van der Waals surface area contributed by atoms with Crippen LogP contribution in [0, 0.1) is 0 Å². The lowest BCUT2D eigenvalue weighted by atomic mass is 10.3. The molecule has 0 atom stereocenters. The third kappa shape index (κ3) is 4.96. The number of carbonyl (C=O) groups excluding carboxylic acids is 2. The Hall–Kier alpha value is -2.09. The number of nitrogens with two attached hydrogens (primary N) is 1. The van der Waals surface area contributed by atoms with Gasteiger partial charge in [0.25, 0.3) is 5.91 Å². The lowest BCUT2D eigenvalue weighted by molar-refractivity contribution is -0.121. The molecule has 8 nitrogen and oxygen atoms in total. The van der Waals surface area contributed by atoms with Gasteiger partial charge in [-0.2, -0.15) is 5.10 Å². The molecule has 0 aliphatic carbocycles. The van der Waals surface area contributed by atoms with Crippen molar-refractivity contribution in [1.82, 2.24) is 20.4 Å². The highest BCUT2D eigenvalue weighted by molar-refractivity contribution is 5.97. The third-order valence-electron chi connectivity index (χ3n) is 2.34. The number of hydrogen-bond donors (Lipinski definition) is 3. The molecule has 1 rings (SSSR count). The van der Waals surface area contributed by atoms with E-state index in [1.165, 1.54) is 4.68 Å². The number of nitrogens with one attached hydrogen (secondary N) is 2. The second-order valence-corrected chi connectivity index (χ2v) is 3.96. The molecule has 0 bridgehead atoms. The van der Waals surface area contributed by atoms with E-state index in [2.05, 4.69) is 15.7 Å². The molecular formula is C11H19N5O3. The zero-order chi connectivity index (χ0) is 14.3. The maximum atomic E-state index is 11.7. The van der Waals surface area contributed by atoms with Gasteiger partial charge in [0.2, 0.25) is 5.91 Å². The standard InChI is InChI=1S/C11H19N5O3/c1-16-7-8(12)10(15-16)11(18)14-4-3-9(17)13-5-6-19-2/h7H,3-6,12H2,1-2H3,(H,13,17)(H,14,18). The summed E-state index contributed by atoms with van der Waals surface area (Å²) in [5, 5.41) is 9.17. The maximum Gasteiger partial charge on any atom is 0.273 e. The number of nitrogens with zero attached hydrogens (tertiary/aromatic N) is 2. The number of methoxy groups -OCH3 is 1. The van der Waals surface area contributed by atoms with Gasteiger partial charge in [0.1, 0.15) is 0 Å². The van der Waals surface area contributed by atoms with Crippen LogP contribution in [0.15, 0.2) is 6.20 Å². The van der Waals surface area contributed by atoms with Crippen LogP contribution in [0.1, 0.15) is 16.9 Å². The van der Waals surface area contributed by atoms with Crippen molar-refractivity contribution in [1.29, 1.82) is 0 Å². The van der Waals surface area contributed by atoms with Crippen LogP contribution < -0.4 is 16.4 Å². The summed E-state index contributed by atoms with van der Waals surface area (Å²) in [5.41, 5.74) is 6.10. The molecule has 0 saturated carbocycles. The van der Waals surface area contributed by atoms with Gasteiger partial charge in [-0.3, -0.25) is 14.3 Å². The van der Waals surface area contributed by atoms with Crippen molar-refractivity contribution < 1.29 is 14.3 Å². The molecule has 2 amide bonds. The molecule has 106 valence electrons. The van der Waals surface area contributed by atoms with E-state index in [1.54, 1.807) is 20.4 Å². The van der Waals surface area contributed by atoms with Gasteiger partial charge in [0.05, 0.1) is 12.3 Å². The summed E-state index contributed by atoms with van der Waals surface area (Å²) in [6.07, 6.45) is 1.74. The molecule has 19 heavy (non-hydrogen) atoms. The minimum Gasteiger partial charge on any atom is -0.396 e. The van der Waals surface area contributed by atoms with Gasteiger partial charge >= 0.3 is 0 Å². The average molecular weight is 269 g/mol. The Bertz CT molecular complexity index is 444. The van der Waals surface area contributed by atoms with Gasteiger partial charge in [-0.1, -0.05) is 0 Å². The lowest BCUT2D eigenvalue weighted by Gasteiger charge is -2.05. The predicted molar refractivity (Wildman–Crippen MR) is 69.5 cm³/mol. The van der Waals surface area contributed by atoms with E-state index in [0.29, 0.717) is 18.8 Å². The molecule has 8 heteroatoms. The number of aryl methyl sites for hydroxylation is 1. The first-order chi connectivity index (χ1) is 9.04. The number of nitrogen functional groups attached to an aromatic ring is 1. The number of amides is 2. The predicted octanol–water partition coefficient (Wildman–Crippen LogP) is -1.12. The zero-order valence-corrected chi connectivity index (χ0v) is 11.1. The number of ether oxygens (including phenoxy) is 1. The van der Waals surface area contributed by atoms with Crippen LogP contribution in [-0.4, -0.2) is 48.4 Å². The highest BCUT2D eigenvalue weighted by Gasteiger charge is 2.13. The molecule has 0 radical (unpaired) electrons. The zero-order valence-electron chi connectivity index (χ0n) is 11.1. The van der Waals surface area contributed by atoms with E-state index in [0.717, 1.165) is 0 Å². The smallest absolute Gasteiger partial charge is 0.273 e. The number of aromatic nitrogens is 2. The highest BCUT2D eigenvalue weighted by atomic mass is 16.5. The molecule has 1 aromatic heterocycles. The van der Waals surface area contributed by atoms with Crippen LogP contribution in [0.4, 0.5) is 5.69 Å². The Labute approximate surface area is 111 Å². The van der Waals surface area contributed by atoms with Crippen LogP contribution in [0.2, 0.25) is 0 Å². The van der Waals surface area contributed by atoms with E-state index < -0.39 is 0 Å². The van der Waals surface area contributed by atoms with Crippen molar-refractivity contribution in [3.63, 3.8) is 0 Å². The van der Waals surface area contributed by atoms with E-state index in [1.807, 2.05) is 0 Å². The Morgan fingerprint density at radius 3 is 2.74 bits per heavy atom. The van der Waals surface area contributed by atoms with Gasteiger partial charge in [-0.15, -0.1) is 0 Å². The third-order valence-corrected chi connectivity index (χ3v) is 2.34. The number of rotatable bonds is 7. The first kappa shape index (κ1) is 15.0. The lowest BCUT2D eigenvalue weighted by Crippen LogP contribution is -2.32. The van der Waals surface area contributed by atoms with Crippen LogP contribution in [0.25, 0.3) is 0 Å². The van der Waals surface area contributed by atoms with Crippen molar-refractivity contribution in [3.05, 3.63) is 11.9 Å². The highest BCUT2D eigenvalue weighted by Crippen LogP contribution is 2.07. The average Bonchev–Trinajstić information content (AvgIpc) is 2.69. The summed E-state index contributed by atoms with van der Waals surface area (Å²) in [7, 11) is 3.24. The van der Waals surface area contributed by atoms with Crippen molar-refractivity contribution in [2.75, 3.05) is 32.5 Å². The quantitative estimate of drug-likeness (QED) is 0.543. The number of anilines is 1. The summed E-state index contributed by atoms with van der Waals surface area (Å²) >= 11 is 0. The molecule has 1 heterocycles. The van der Waals surface area contributed by atoms with Gasteiger partial charge in [-0.05, 0) is 0 Å². The number of carbonyl (C=O) groups is 2. The minimum atomic E-state index is -0.386. The van der Waals surface area contributed by atoms with Crippen LogP contribution >= 0.6 is 0 Å². The fourth-order valence-corrected chi connectivity index (χ4v) is 1.44. The SMILES string of the molecule is COCCNC(=O)CCNC(=O)c1nn(C)cc1N. The van der Waals surface area contributed by atoms with Gasteiger partial charge < -0.3 is 21.1 Å². The van der Waals surface area contributed by atoms with E-state index in [4.69, 9.17) is 10.5 Å². The molecule has 0 unspecified atom stereocenters. The first-order valence-electron chi connectivity index (χ1n) is 5.87. The van der Waals surface area contributed by atoms with Crippen LogP contribution in [-0.2, 0) is 16.6 Å². The van der Waals surface area contributed by atoms with Crippen LogP contribution in [0.3, 0.4) is 0 Å². The van der Waals surface area contributed by atoms with E-state index in [9.17, 15) is 9.59 Å². The topological polar surface area (TPSA) is 111 Å². The summed E-state index contributed by atoms with van der Waals surface area (Å²) in [5.74, 6) is -0.533. The van der Waals surface area contributed by atoms with Crippen molar-refractivity contribution in [2.45, 2.75) is 6.42 Å². The summed E-state index contributed by atoms with van der Waals surface area (Å²) in [4.78, 5) is 23.0. The molecule has 0 aliphatic rings.